The Labute approximate surface area is 267 Å². The molecule has 3 aromatic rings. The predicted molar refractivity (Wildman–Crippen MR) is 173 cm³/mol. The number of rotatable bonds is 10. The van der Waals surface area contributed by atoms with Gasteiger partial charge in [-0.1, -0.05) is 50.0 Å². The lowest BCUT2D eigenvalue weighted by molar-refractivity contribution is -0.388. The smallest absolute Gasteiger partial charge is 0.423 e. The van der Waals surface area contributed by atoms with E-state index in [1.807, 2.05) is 42.5 Å². The van der Waals surface area contributed by atoms with Gasteiger partial charge in [-0.05, 0) is 42.0 Å². The van der Waals surface area contributed by atoms with Crippen LogP contribution in [-0.2, 0) is 12.8 Å². The summed E-state index contributed by atoms with van der Waals surface area (Å²) in [6.07, 6.45) is -3.14. The van der Waals surface area contributed by atoms with Crippen molar-refractivity contribution in [2.24, 2.45) is 0 Å². The van der Waals surface area contributed by atoms with Gasteiger partial charge >= 0.3 is 6.18 Å². The van der Waals surface area contributed by atoms with Crippen LogP contribution < -0.4 is 14.4 Å². The maximum atomic E-state index is 13.3. The third kappa shape index (κ3) is 9.30. The van der Waals surface area contributed by atoms with E-state index in [1.165, 1.54) is 11.8 Å². The van der Waals surface area contributed by atoms with E-state index in [1.54, 1.807) is 0 Å². The number of nitrogens with zero attached hydrogens (tertiary/aromatic N) is 4. The molecule has 0 unspecified atom stereocenters. The zero-order chi connectivity index (χ0) is 31.1. The summed E-state index contributed by atoms with van der Waals surface area (Å²) in [4.78, 5) is 17.8. The highest BCUT2D eigenvalue weighted by molar-refractivity contribution is 7.80. The molecule has 242 valence electrons. The van der Waals surface area contributed by atoms with Crippen LogP contribution in [0.5, 0.6) is 11.5 Å². The molecule has 0 saturated carbocycles. The minimum atomic E-state index is -4.84. The molecule has 0 bridgehead atoms. The van der Waals surface area contributed by atoms with Gasteiger partial charge < -0.3 is 19.3 Å². The van der Waals surface area contributed by atoms with Gasteiger partial charge in [0.1, 0.15) is 29.8 Å². The minimum Gasteiger partial charge on any atom is -0.490 e. The molecule has 45 heavy (non-hydrogen) atoms. The number of anilines is 1. The number of nitro groups is 1. The molecular formula is C33H39F3N4O4S. The Morgan fingerprint density at radius 1 is 0.911 bits per heavy atom. The first-order valence-corrected chi connectivity index (χ1v) is 15.1. The van der Waals surface area contributed by atoms with Crippen molar-refractivity contribution in [1.29, 1.82) is 0 Å². The van der Waals surface area contributed by atoms with Crippen LogP contribution in [0.2, 0.25) is 0 Å². The van der Waals surface area contributed by atoms with Gasteiger partial charge in [0.15, 0.2) is 0 Å². The number of benzene rings is 3. The van der Waals surface area contributed by atoms with E-state index in [0.29, 0.717) is 38.6 Å². The SMILES string of the molecule is C.O=[N+]([O-])c1ccc(OC2CCN(C(=S)CCN3CCN(c4ccc(OCc5ccccc5)cc4)CC3)CC2)cc1C(F)(F)F. The molecule has 2 aliphatic heterocycles. The number of likely N-dealkylation sites (tertiary alicyclic amines) is 1. The first-order valence-electron chi connectivity index (χ1n) is 14.7. The van der Waals surface area contributed by atoms with Crippen molar-refractivity contribution >= 4 is 28.6 Å². The first-order chi connectivity index (χ1) is 21.2. The Bertz CT molecular complexity index is 1410. The molecule has 8 nitrogen and oxygen atoms in total. The molecule has 2 fully saturated rings. The zero-order valence-electron chi connectivity index (χ0n) is 24.2. The van der Waals surface area contributed by atoms with Crippen molar-refractivity contribution in [2.45, 2.75) is 45.6 Å². The lowest BCUT2D eigenvalue weighted by Crippen LogP contribution is -2.48. The predicted octanol–water partition coefficient (Wildman–Crippen LogP) is 7.21. The summed E-state index contributed by atoms with van der Waals surface area (Å²) in [5.41, 5.74) is 0.0313. The van der Waals surface area contributed by atoms with E-state index in [-0.39, 0.29) is 19.3 Å². The number of piperidine rings is 1. The summed E-state index contributed by atoms with van der Waals surface area (Å²) >= 11 is 5.72. The van der Waals surface area contributed by atoms with Gasteiger partial charge in [0.2, 0.25) is 0 Å². The van der Waals surface area contributed by atoms with Crippen molar-refractivity contribution in [1.82, 2.24) is 9.80 Å². The standard InChI is InChI=1S/C32H35F3N4O4S.CH4/c33-32(34,35)29-22-28(10-11-30(29)39(40)41)43-27-12-16-38(17-13-27)31(44)14-15-36-18-20-37(21-19-36)25-6-8-26(9-7-25)42-23-24-4-2-1-3-5-24;/h1-11,22,27H,12-21,23H2;1H4. The van der Waals surface area contributed by atoms with Crippen LogP contribution in [0.25, 0.3) is 0 Å². The average molecular weight is 645 g/mol. The van der Waals surface area contributed by atoms with E-state index in [0.717, 1.165) is 61.5 Å². The monoisotopic (exact) mass is 644 g/mol. The van der Waals surface area contributed by atoms with Gasteiger partial charge in [0, 0.05) is 76.8 Å². The number of hydrogen-bond acceptors (Lipinski definition) is 7. The van der Waals surface area contributed by atoms with E-state index in [2.05, 4.69) is 26.8 Å². The van der Waals surface area contributed by atoms with E-state index >= 15 is 0 Å². The average Bonchev–Trinajstić information content (AvgIpc) is 3.03. The summed E-state index contributed by atoms with van der Waals surface area (Å²) in [5, 5.41) is 11.0. The molecule has 2 saturated heterocycles. The van der Waals surface area contributed by atoms with Crippen LogP contribution in [0.15, 0.2) is 72.8 Å². The van der Waals surface area contributed by atoms with E-state index in [4.69, 9.17) is 21.7 Å². The Morgan fingerprint density at radius 3 is 2.18 bits per heavy atom. The first kappa shape index (κ1) is 34.0. The number of thiocarbonyl (C=S) groups is 1. The van der Waals surface area contributed by atoms with Crippen molar-refractivity contribution in [2.75, 3.05) is 50.7 Å². The largest absolute Gasteiger partial charge is 0.490 e. The molecule has 0 radical (unpaired) electrons. The topological polar surface area (TPSA) is 71.3 Å². The fourth-order valence-electron chi connectivity index (χ4n) is 5.53. The summed E-state index contributed by atoms with van der Waals surface area (Å²) in [6.45, 7) is 6.47. The van der Waals surface area contributed by atoms with E-state index in [9.17, 15) is 23.3 Å². The molecule has 0 aromatic heterocycles. The zero-order valence-corrected chi connectivity index (χ0v) is 25.1. The highest BCUT2D eigenvalue weighted by Crippen LogP contribution is 2.38. The van der Waals surface area contributed by atoms with Gasteiger partial charge in [0.05, 0.1) is 9.91 Å². The molecule has 5 rings (SSSR count). The van der Waals surface area contributed by atoms with Crippen molar-refractivity contribution in [3.8, 4) is 11.5 Å². The van der Waals surface area contributed by atoms with Crippen LogP contribution in [0.4, 0.5) is 24.5 Å². The Balaban J connectivity index is 0.00000461. The second kappa shape index (κ2) is 15.4. The van der Waals surface area contributed by atoms with Gasteiger partial charge in [-0.15, -0.1) is 0 Å². The highest BCUT2D eigenvalue weighted by Gasteiger charge is 2.39. The molecule has 0 spiro atoms. The number of alkyl halides is 3. The number of halogens is 3. The Kier molecular flexibility index (Phi) is 11.6. The van der Waals surface area contributed by atoms with Crippen molar-refractivity contribution in [3.05, 3.63) is 94.0 Å². The van der Waals surface area contributed by atoms with Crippen LogP contribution in [0, 0.1) is 10.1 Å². The van der Waals surface area contributed by atoms with Gasteiger partial charge in [-0.25, -0.2) is 0 Å². The fourth-order valence-corrected chi connectivity index (χ4v) is 5.80. The van der Waals surface area contributed by atoms with Crippen molar-refractivity contribution < 1.29 is 27.6 Å². The van der Waals surface area contributed by atoms with Gasteiger partial charge in [-0.2, -0.15) is 13.2 Å². The molecule has 12 heteroatoms. The molecular weight excluding hydrogens is 605 g/mol. The lowest BCUT2D eigenvalue weighted by atomic mass is 10.1. The maximum Gasteiger partial charge on any atom is 0.423 e. The fraction of sp³-hybridized carbons (Fsp3) is 0.424. The number of piperazine rings is 1. The highest BCUT2D eigenvalue weighted by atomic mass is 32.1. The quantitative estimate of drug-likeness (QED) is 0.130. The third-order valence-electron chi connectivity index (χ3n) is 8.03. The number of ether oxygens (including phenoxy) is 2. The number of nitro benzene ring substituents is 1. The van der Waals surface area contributed by atoms with Crippen LogP contribution in [-0.4, -0.2) is 71.6 Å². The molecule has 3 aromatic carbocycles. The third-order valence-corrected chi connectivity index (χ3v) is 8.49. The normalized spacial score (nSPS) is 16.2. The summed E-state index contributed by atoms with van der Waals surface area (Å²) in [6, 6.07) is 21.1. The van der Waals surface area contributed by atoms with Crippen LogP contribution in [0.3, 0.4) is 0 Å². The second-order valence-electron chi connectivity index (χ2n) is 11.0. The summed E-state index contributed by atoms with van der Waals surface area (Å²) in [7, 11) is 0. The van der Waals surface area contributed by atoms with Crippen LogP contribution >= 0.6 is 12.2 Å². The molecule has 2 aliphatic rings. The van der Waals surface area contributed by atoms with E-state index < -0.39 is 22.4 Å². The van der Waals surface area contributed by atoms with Crippen molar-refractivity contribution in [3.63, 3.8) is 0 Å². The van der Waals surface area contributed by atoms with Crippen LogP contribution in [0.1, 0.15) is 37.8 Å². The van der Waals surface area contributed by atoms with Gasteiger partial charge in [0.25, 0.3) is 5.69 Å². The Morgan fingerprint density at radius 2 is 1.56 bits per heavy atom. The molecule has 0 N–H and O–H groups in total. The molecule has 2 heterocycles. The Hall–Kier alpha value is -3.90. The van der Waals surface area contributed by atoms with Gasteiger partial charge in [-0.3, -0.25) is 15.0 Å². The minimum absolute atomic E-state index is 0. The molecule has 0 aliphatic carbocycles. The molecule has 0 atom stereocenters. The summed E-state index contributed by atoms with van der Waals surface area (Å²) < 4.78 is 51.6. The summed E-state index contributed by atoms with van der Waals surface area (Å²) in [5.74, 6) is 0.831. The number of hydrogen-bond donors (Lipinski definition) is 0. The maximum absolute atomic E-state index is 13.3. The molecule has 0 amide bonds. The second-order valence-corrected chi connectivity index (χ2v) is 11.4. The lowest BCUT2D eigenvalue weighted by Gasteiger charge is -2.37.